The van der Waals surface area contributed by atoms with Crippen LogP contribution in [0.2, 0.25) is 5.02 Å². The lowest BCUT2D eigenvalue weighted by molar-refractivity contribution is 0.633. The second-order valence-corrected chi connectivity index (χ2v) is 5.44. The molecule has 0 saturated heterocycles. The van der Waals surface area contributed by atoms with Crippen molar-refractivity contribution < 1.29 is 4.39 Å². The van der Waals surface area contributed by atoms with E-state index in [1.54, 1.807) is 0 Å². The van der Waals surface area contributed by atoms with E-state index in [0.717, 1.165) is 15.7 Å². The Labute approximate surface area is 123 Å². The lowest BCUT2D eigenvalue weighted by Gasteiger charge is -2.14. The normalized spacial score (nSPS) is 10.5. The van der Waals surface area contributed by atoms with Gasteiger partial charge in [0.1, 0.15) is 5.02 Å². The Balaban J connectivity index is 2.47. The van der Waals surface area contributed by atoms with Crippen molar-refractivity contribution in [1.29, 1.82) is 0 Å². The molecule has 0 radical (unpaired) electrons. The Morgan fingerprint density at radius 1 is 1.21 bits per heavy atom. The third-order valence-electron chi connectivity index (χ3n) is 2.71. The summed E-state index contributed by atoms with van der Waals surface area (Å²) in [6.45, 7) is 1.90. The Hall–Kier alpha value is -1.46. The first kappa shape index (κ1) is 14.0. The number of halogens is 3. The van der Waals surface area contributed by atoms with E-state index in [9.17, 15) is 4.39 Å². The standard InChI is InChI=1S/C13H12BrClFN3/c1-6-4-7(14)2-3-10(6)19-13-9(18)5-8(17)11(15)12(13)16/h2-5,19H,17-18H2,1H3. The molecule has 0 unspecified atom stereocenters. The number of aryl methyl sites for hydroxylation is 1. The third kappa shape index (κ3) is 2.77. The Morgan fingerprint density at radius 2 is 1.89 bits per heavy atom. The van der Waals surface area contributed by atoms with Gasteiger partial charge in [0.25, 0.3) is 0 Å². The van der Waals surface area contributed by atoms with Crippen LogP contribution in [0.25, 0.3) is 0 Å². The number of benzene rings is 2. The quantitative estimate of drug-likeness (QED) is 0.705. The van der Waals surface area contributed by atoms with Crippen LogP contribution in [0.3, 0.4) is 0 Å². The molecule has 0 atom stereocenters. The summed E-state index contributed by atoms with van der Waals surface area (Å²) in [7, 11) is 0. The van der Waals surface area contributed by atoms with Gasteiger partial charge in [0.15, 0.2) is 5.82 Å². The van der Waals surface area contributed by atoms with E-state index in [-0.39, 0.29) is 22.1 Å². The number of nitrogen functional groups attached to an aromatic ring is 2. The summed E-state index contributed by atoms with van der Waals surface area (Å²) in [5, 5.41) is 2.81. The topological polar surface area (TPSA) is 64.1 Å². The molecule has 6 heteroatoms. The van der Waals surface area contributed by atoms with Crippen molar-refractivity contribution in [3.63, 3.8) is 0 Å². The Morgan fingerprint density at radius 3 is 2.53 bits per heavy atom. The fraction of sp³-hybridized carbons (Fsp3) is 0.0769. The molecule has 5 N–H and O–H groups in total. The molecule has 0 aliphatic rings. The molecule has 100 valence electrons. The highest BCUT2D eigenvalue weighted by Crippen LogP contribution is 2.36. The van der Waals surface area contributed by atoms with Crippen molar-refractivity contribution in [3.05, 3.63) is 45.1 Å². The molecular formula is C13H12BrClFN3. The second-order valence-electron chi connectivity index (χ2n) is 4.14. The SMILES string of the molecule is Cc1cc(Br)ccc1Nc1c(N)cc(N)c(Cl)c1F. The highest BCUT2D eigenvalue weighted by atomic mass is 79.9. The molecular weight excluding hydrogens is 333 g/mol. The average Bonchev–Trinajstić information content (AvgIpc) is 2.34. The van der Waals surface area contributed by atoms with Crippen LogP contribution in [0, 0.1) is 12.7 Å². The molecule has 19 heavy (non-hydrogen) atoms. The van der Waals surface area contributed by atoms with Gasteiger partial charge in [-0.25, -0.2) is 4.39 Å². The summed E-state index contributed by atoms with van der Waals surface area (Å²) in [6, 6.07) is 7.02. The lowest BCUT2D eigenvalue weighted by Crippen LogP contribution is -2.03. The van der Waals surface area contributed by atoms with E-state index < -0.39 is 5.82 Å². The number of hydrogen-bond acceptors (Lipinski definition) is 3. The number of rotatable bonds is 2. The smallest absolute Gasteiger partial charge is 0.169 e. The monoisotopic (exact) mass is 343 g/mol. The number of hydrogen-bond donors (Lipinski definition) is 3. The molecule has 0 aliphatic carbocycles. The fourth-order valence-electron chi connectivity index (χ4n) is 1.70. The largest absolute Gasteiger partial charge is 0.397 e. The average molecular weight is 345 g/mol. The highest BCUT2D eigenvalue weighted by molar-refractivity contribution is 9.10. The van der Waals surface area contributed by atoms with Crippen LogP contribution in [0.5, 0.6) is 0 Å². The van der Waals surface area contributed by atoms with Gasteiger partial charge in [-0.15, -0.1) is 0 Å². The summed E-state index contributed by atoms with van der Waals surface area (Å²) >= 11 is 9.15. The van der Waals surface area contributed by atoms with Crippen LogP contribution >= 0.6 is 27.5 Å². The van der Waals surface area contributed by atoms with Gasteiger partial charge in [0.2, 0.25) is 0 Å². The number of anilines is 4. The van der Waals surface area contributed by atoms with Crippen molar-refractivity contribution >= 4 is 50.3 Å². The zero-order valence-electron chi connectivity index (χ0n) is 10.1. The molecule has 0 saturated carbocycles. The van der Waals surface area contributed by atoms with Gasteiger partial charge in [0, 0.05) is 10.2 Å². The summed E-state index contributed by atoms with van der Waals surface area (Å²) in [4.78, 5) is 0. The molecule has 2 rings (SSSR count). The van der Waals surface area contributed by atoms with Crippen LogP contribution in [0.1, 0.15) is 5.56 Å². The van der Waals surface area contributed by atoms with Gasteiger partial charge in [-0.2, -0.15) is 0 Å². The van der Waals surface area contributed by atoms with Gasteiger partial charge in [-0.3, -0.25) is 0 Å². The van der Waals surface area contributed by atoms with E-state index in [0.29, 0.717) is 0 Å². The molecule has 2 aromatic carbocycles. The third-order valence-corrected chi connectivity index (χ3v) is 3.59. The maximum absolute atomic E-state index is 14.1. The van der Waals surface area contributed by atoms with Crippen molar-refractivity contribution in [1.82, 2.24) is 0 Å². The predicted octanol–water partition coefficient (Wildman–Crippen LogP) is 4.46. The summed E-state index contributed by atoms with van der Waals surface area (Å²) < 4.78 is 15.0. The van der Waals surface area contributed by atoms with Crippen LogP contribution in [0.4, 0.5) is 27.1 Å². The molecule has 0 spiro atoms. The molecule has 2 aromatic rings. The maximum atomic E-state index is 14.1. The molecule has 0 fully saturated rings. The van der Waals surface area contributed by atoms with E-state index in [1.807, 2.05) is 25.1 Å². The lowest BCUT2D eigenvalue weighted by atomic mass is 10.1. The Bertz CT molecular complexity index is 646. The summed E-state index contributed by atoms with van der Waals surface area (Å²) in [5.41, 5.74) is 13.5. The first-order valence-corrected chi connectivity index (χ1v) is 6.63. The number of nitrogens with two attached hydrogens (primary N) is 2. The van der Waals surface area contributed by atoms with Crippen LogP contribution in [-0.4, -0.2) is 0 Å². The molecule has 0 heterocycles. The van der Waals surface area contributed by atoms with Gasteiger partial charge < -0.3 is 16.8 Å². The molecule has 3 nitrogen and oxygen atoms in total. The molecule has 0 amide bonds. The summed E-state index contributed by atoms with van der Waals surface area (Å²) in [5.74, 6) is -0.651. The first-order chi connectivity index (χ1) is 8.90. The fourth-order valence-corrected chi connectivity index (χ4v) is 2.32. The van der Waals surface area contributed by atoms with Crippen molar-refractivity contribution in [3.8, 4) is 0 Å². The minimum Gasteiger partial charge on any atom is -0.397 e. The van der Waals surface area contributed by atoms with Gasteiger partial charge >= 0.3 is 0 Å². The predicted molar refractivity (Wildman–Crippen MR) is 82.4 cm³/mol. The Kier molecular flexibility index (Phi) is 3.87. The van der Waals surface area contributed by atoms with Crippen molar-refractivity contribution in [2.75, 3.05) is 16.8 Å². The van der Waals surface area contributed by atoms with Crippen LogP contribution < -0.4 is 16.8 Å². The van der Waals surface area contributed by atoms with Gasteiger partial charge in [0.05, 0.1) is 17.1 Å². The van der Waals surface area contributed by atoms with Crippen molar-refractivity contribution in [2.45, 2.75) is 6.92 Å². The molecule has 0 bridgehead atoms. The van der Waals surface area contributed by atoms with Gasteiger partial charge in [-0.1, -0.05) is 27.5 Å². The first-order valence-electron chi connectivity index (χ1n) is 5.46. The number of nitrogens with one attached hydrogen (secondary N) is 1. The highest BCUT2D eigenvalue weighted by Gasteiger charge is 2.15. The second kappa shape index (κ2) is 5.27. The van der Waals surface area contributed by atoms with Crippen LogP contribution in [-0.2, 0) is 0 Å². The van der Waals surface area contributed by atoms with Crippen LogP contribution in [0.15, 0.2) is 28.7 Å². The van der Waals surface area contributed by atoms with E-state index in [4.69, 9.17) is 23.1 Å². The van der Waals surface area contributed by atoms with E-state index in [2.05, 4.69) is 21.2 Å². The minimum absolute atomic E-state index is 0.120. The van der Waals surface area contributed by atoms with E-state index >= 15 is 0 Å². The minimum atomic E-state index is -0.651. The maximum Gasteiger partial charge on any atom is 0.169 e. The van der Waals surface area contributed by atoms with Gasteiger partial charge in [-0.05, 0) is 36.8 Å². The van der Waals surface area contributed by atoms with Crippen molar-refractivity contribution in [2.24, 2.45) is 0 Å². The zero-order valence-corrected chi connectivity index (χ0v) is 12.4. The van der Waals surface area contributed by atoms with E-state index in [1.165, 1.54) is 6.07 Å². The summed E-state index contributed by atoms with van der Waals surface area (Å²) in [6.07, 6.45) is 0. The molecule has 0 aromatic heterocycles. The molecule has 0 aliphatic heterocycles. The zero-order chi connectivity index (χ0) is 14.2.